The molecule has 1 atom stereocenters. The van der Waals surface area contributed by atoms with Crippen LogP contribution in [0.25, 0.3) is 0 Å². The number of nitrogens with zero attached hydrogens (tertiary/aromatic N) is 6. The van der Waals surface area contributed by atoms with Crippen LogP contribution in [-0.2, 0) is 6.54 Å². The van der Waals surface area contributed by atoms with Crippen molar-refractivity contribution in [1.29, 1.82) is 5.26 Å². The molecule has 5 rings (SSSR count). The molecule has 0 saturated heterocycles. The molecule has 1 aliphatic heterocycles. The standard InChI is InChI=1S/C25H21N7O4/c1-15-29-23-22(20(11-26)24(27)31(25(23)36-15)18-6-4-3-5-7-18)16-8-9-21(35-2)17(10-16)13-30-14-19(12-28-30)32(33)34/h3-10,12,14,22H,13,27H2,1-2H3. The van der Waals surface area contributed by atoms with E-state index in [1.165, 1.54) is 17.1 Å². The number of nitriles is 1. The van der Waals surface area contributed by atoms with Crippen molar-refractivity contribution in [3.05, 3.63) is 105 Å². The van der Waals surface area contributed by atoms with Gasteiger partial charge in [-0.05, 0) is 29.8 Å². The number of anilines is 2. The topological polar surface area (TPSA) is 149 Å². The number of rotatable bonds is 6. The highest BCUT2D eigenvalue weighted by atomic mass is 16.6. The number of hydrogen-bond acceptors (Lipinski definition) is 9. The third-order valence-corrected chi connectivity index (χ3v) is 5.96. The number of methoxy groups -OCH3 is 1. The normalized spacial score (nSPS) is 14.9. The minimum atomic E-state index is -0.584. The first-order chi connectivity index (χ1) is 17.4. The van der Waals surface area contributed by atoms with E-state index in [4.69, 9.17) is 14.9 Å². The van der Waals surface area contributed by atoms with Crippen molar-refractivity contribution in [2.45, 2.75) is 19.4 Å². The molecule has 2 aromatic heterocycles. The van der Waals surface area contributed by atoms with Gasteiger partial charge in [0, 0.05) is 12.5 Å². The van der Waals surface area contributed by atoms with Crippen molar-refractivity contribution < 1.29 is 14.1 Å². The lowest BCUT2D eigenvalue weighted by Gasteiger charge is -2.31. The molecule has 0 amide bonds. The highest BCUT2D eigenvalue weighted by molar-refractivity contribution is 5.73. The molecule has 1 aliphatic rings. The van der Waals surface area contributed by atoms with E-state index in [9.17, 15) is 15.4 Å². The zero-order chi connectivity index (χ0) is 25.4. The molecule has 0 fully saturated rings. The summed E-state index contributed by atoms with van der Waals surface area (Å²) in [5.41, 5.74) is 9.55. The predicted molar refractivity (Wildman–Crippen MR) is 129 cm³/mol. The van der Waals surface area contributed by atoms with E-state index in [0.29, 0.717) is 28.8 Å². The van der Waals surface area contributed by atoms with E-state index >= 15 is 0 Å². The van der Waals surface area contributed by atoms with Gasteiger partial charge in [-0.25, -0.2) is 4.98 Å². The van der Waals surface area contributed by atoms with Crippen LogP contribution in [0.4, 0.5) is 17.3 Å². The molecular formula is C25H21N7O4. The summed E-state index contributed by atoms with van der Waals surface area (Å²) in [6, 6.07) is 17.2. The molecule has 0 spiro atoms. The first-order valence-corrected chi connectivity index (χ1v) is 11.0. The largest absolute Gasteiger partial charge is 0.496 e. The van der Waals surface area contributed by atoms with Gasteiger partial charge in [-0.2, -0.15) is 10.4 Å². The number of aromatic nitrogens is 3. The number of hydrogen-bond donors (Lipinski definition) is 1. The van der Waals surface area contributed by atoms with Crippen LogP contribution in [-0.4, -0.2) is 26.8 Å². The molecule has 3 heterocycles. The number of aryl methyl sites for hydroxylation is 1. The average molecular weight is 483 g/mol. The number of benzene rings is 2. The lowest BCUT2D eigenvalue weighted by molar-refractivity contribution is -0.385. The van der Waals surface area contributed by atoms with Crippen LogP contribution in [0.3, 0.4) is 0 Å². The highest BCUT2D eigenvalue weighted by Crippen LogP contribution is 2.46. The van der Waals surface area contributed by atoms with Crippen molar-refractivity contribution >= 4 is 17.3 Å². The molecule has 36 heavy (non-hydrogen) atoms. The summed E-state index contributed by atoms with van der Waals surface area (Å²) < 4.78 is 12.9. The van der Waals surface area contributed by atoms with E-state index in [-0.39, 0.29) is 18.1 Å². The van der Waals surface area contributed by atoms with Crippen molar-refractivity contribution in [2.24, 2.45) is 5.73 Å². The Morgan fingerprint density at radius 3 is 2.72 bits per heavy atom. The lowest BCUT2D eigenvalue weighted by Crippen LogP contribution is -2.31. The van der Waals surface area contributed by atoms with Gasteiger partial charge in [0.15, 0.2) is 5.89 Å². The van der Waals surface area contributed by atoms with Gasteiger partial charge in [0.05, 0.1) is 41.8 Å². The zero-order valence-corrected chi connectivity index (χ0v) is 19.5. The zero-order valence-electron chi connectivity index (χ0n) is 19.5. The monoisotopic (exact) mass is 483 g/mol. The number of nitro groups is 1. The van der Waals surface area contributed by atoms with Crippen molar-refractivity contribution in [1.82, 2.24) is 14.8 Å². The smallest absolute Gasteiger partial charge is 0.307 e. The van der Waals surface area contributed by atoms with E-state index in [1.807, 2.05) is 42.5 Å². The number of para-hydroxylation sites is 1. The van der Waals surface area contributed by atoms with Crippen LogP contribution in [0.2, 0.25) is 0 Å². The molecule has 0 aliphatic carbocycles. The molecule has 1 unspecified atom stereocenters. The third-order valence-electron chi connectivity index (χ3n) is 5.96. The Balaban J connectivity index is 1.63. The minimum absolute atomic E-state index is 0.108. The van der Waals surface area contributed by atoms with Gasteiger partial charge in [-0.3, -0.25) is 19.7 Å². The lowest BCUT2D eigenvalue weighted by atomic mass is 9.85. The molecule has 180 valence electrons. The van der Waals surface area contributed by atoms with Gasteiger partial charge in [0.2, 0.25) is 5.88 Å². The Morgan fingerprint density at radius 2 is 2.06 bits per heavy atom. The van der Waals surface area contributed by atoms with Gasteiger partial charge in [-0.1, -0.05) is 24.3 Å². The van der Waals surface area contributed by atoms with Crippen molar-refractivity contribution in [3.63, 3.8) is 0 Å². The van der Waals surface area contributed by atoms with Gasteiger partial charge < -0.3 is 14.9 Å². The number of fused-ring (bicyclic) bond motifs is 1. The van der Waals surface area contributed by atoms with Crippen LogP contribution in [0.15, 0.2) is 76.7 Å². The fraction of sp³-hybridized carbons (Fsp3) is 0.160. The van der Waals surface area contributed by atoms with Crippen LogP contribution >= 0.6 is 0 Å². The molecule has 11 nitrogen and oxygen atoms in total. The highest BCUT2D eigenvalue weighted by Gasteiger charge is 2.38. The first-order valence-electron chi connectivity index (χ1n) is 11.0. The molecule has 2 N–H and O–H groups in total. The second kappa shape index (κ2) is 8.92. The van der Waals surface area contributed by atoms with E-state index in [0.717, 1.165) is 16.8 Å². The summed E-state index contributed by atoms with van der Waals surface area (Å²) in [5, 5.41) is 25.3. The Hall–Kier alpha value is -5.11. The maximum atomic E-state index is 11.1. The Kier molecular flexibility index (Phi) is 5.62. The van der Waals surface area contributed by atoms with E-state index in [1.54, 1.807) is 25.0 Å². The number of allylic oxidation sites excluding steroid dienone is 1. The molecule has 0 saturated carbocycles. The van der Waals surface area contributed by atoms with Gasteiger partial charge in [0.25, 0.3) is 0 Å². The molecular weight excluding hydrogens is 462 g/mol. The summed E-state index contributed by atoms with van der Waals surface area (Å²) in [5.74, 6) is 1.12. The van der Waals surface area contributed by atoms with Crippen LogP contribution in [0.1, 0.15) is 28.6 Å². The SMILES string of the molecule is COc1ccc(C2C(C#N)=C(N)N(c3ccccc3)c3oc(C)nc32)cc1Cn1cc([N+](=O)[O-])cn1. The Labute approximate surface area is 205 Å². The molecule has 0 radical (unpaired) electrons. The fourth-order valence-corrected chi connectivity index (χ4v) is 4.38. The van der Waals surface area contributed by atoms with Gasteiger partial charge in [0.1, 0.15) is 29.7 Å². The average Bonchev–Trinajstić information content (AvgIpc) is 3.50. The number of ether oxygens (including phenoxy) is 1. The second-order valence-electron chi connectivity index (χ2n) is 8.16. The molecule has 2 aromatic carbocycles. The maximum Gasteiger partial charge on any atom is 0.307 e. The van der Waals surface area contributed by atoms with E-state index in [2.05, 4.69) is 16.2 Å². The Bertz CT molecular complexity index is 1530. The van der Waals surface area contributed by atoms with Crippen LogP contribution in [0.5, 0.6) is 5.75 Å². The first kappa shape index (κ1) is 22.7. The summed E-state index contributed by atoms with van der Waals surface area (Å²) >= 11 is 0. The quantitative estimate of drug-likeness (QED) is 0.315. The maximum absolute atomic E-state index is 11.1. The minimum Gasteiger partial charge on any atom is -0.496 e. The summed E-state index contributed by atoms with van der Waals surface area (Å²) in [6.07, 6.45) is 2.54. The number of nitrogens with two attached hydrogens (primary N) is 1. The summed E-state index contributed by atoms with van der Waals surface area (Å²) in [4.78, 5) is 16.9. The predicted octanol–water partition coefficient (Wildman–Crippen LogP) is 4.12. The Morgan fingerprint density at radius 1 is 1.28 bits per heavy atom. The van der Waals surface area contributed by atoms with Crippen LogP contribution in [0, 0.1) is 28.4 Å². The van der Waals surface area contributed by atoms with Crippen molar-refractivity contribution in [2.75, 3.05) is 12.0 Å². The van der Waals surface area contributed by atoms with Crippen molar-refractivity contribution in [3.8, 4) is 11.8 Å². The van der Waals surface area contributed by atoms with Crippen LogP contribution < -0.4 is 15.4 Å². The molecule has 11 heteroatoms. The fourth-order valence-electron chi connectivity index (χ4n) is 4.38. The molecule has 0 bridgehead atoms. The second-order valence-corrected chi connectivity index (χ2v) is 8.16. The van der Waals surface area contributed by atoms with E-state index < -0.39 is 10.8 Å². The number of oxazole rings is 1. The summed E-state index contributed by atoms with van der Waals surface area (Å²) in [7, 11) is 1.54. The molecule has 4 aromatic rings. The summed E-state index contributed by atoms with van der Waals surface area (Å²) in [6.45, 7) is 1.96. The third kappa shape index (κ3) is 3.80. The van der Waals surface area contributed by atoms with Gasteiger partial charge >= 0.3 is 5.69 Å². The van der Waals surface area contributed by atoms with Gasteiger partial charge in [-0.15, -0.1) is 0 Å².